The van der Waals surface area contributed by atoms with Crippen LogP contribution in [0.4, 0.5) is 30.2 Å². The van der Waals surface area contributed by atoms with E-state index in [1.54, 1.807) is 6.07 Å². The maximum absolute atomic E-state index is 12.8. The van der Waals surface area contributed by atoms with E-state index >= 15 is 0 Å². The third-order valence-electron chi connectivity index (χ3n) is 5.79. The van der Waals surface area contributed by atoms with Crippen molar-refractivity contribution in [2.24, 2.45) is 5.92 Å². The summed E-state index contributed by atoms with van der Waals surface area (Å²) in [6.45, 7) is 1.44. The van der Waals surface area contributed by atoms with Gasteiger partial charge in [-0.2, -0.15) is 13.2 Å². The van der Waals surface area contributed by atoms with Crippen LogP contribution in [-0.2, 0) is 6.54 Å². The van der Waals surface area contributed by atoms with Gasteiger partial charge in [0.2, 0.25) is 0 Å². The fraction of sp³-hybridized carbons (Fsp3) is 0.429. The number of alkyl halides is 3. The number of piperidine rings is 1. The van der Waals surface area contributed by atoms with Gasteiger partial charge in [-0.05, 0) is 61.9 Å². The standard InChI is InChI=1S/C21H23ClF3N3O/c1-27-12-13-10-16(11-18(22)19(13)20(27)29)26-15-2-4-17(5-3-15)28-8-6-14(7-9-28)21(23,24)25/h2-5,10-11,14,20,26,29H,6-9,12H2,1H3. The highest BCUT2D eigenvalue weighted by atomic mass is 35.5. The molecule has 0 saturated carbocycles. The normalized spacial score (nSPS) is 20.8. The zero-order valence-corrected chi connectivity index (χ0v) is 16.8. The van der Waals surface area contributed by atoms with E-state index in [4.69, 9.17) is 11.6 Å². The van der Waals surface area contributed by atoms with Gasteiger partial charge in [0.25, 0.3) is 0 Å². The molecule has 8 heteroatoms. The van der Waals surface area contributed by atoms with Crippen molar-refractivity contribution in [1.82, 2.24) is 4.90 Å². The van der Waals surface area contributed by atoms with Gasteiger partial charge in [0.05, 0.1) is 10.9 Å². The second-order valence-corrected chi connectivity index (χ2v) is 8.20. The number of benzene rings is 2. The van der Waals surface area contributed by atoms with E-state index in [2.05, 4.69) is 5.32 Å². The highest BCUT2D eigenvalue weighted by Crippen LogP contribution is 2.39. The van der Waals surface area contributed by atoms with Gasteiger partial charge in [-0.25, -0.2) is 0 Å². The predicted molar refractivity (Wildman–Crippen MR) is 109 cm³/mol. The quantitative estimate of drug-likeness (QED) is 0.700. The minimum Gasteiger partial charge on any atom is -0.374 e. The Kier molecular flexibility index (Phi) is 5.40. The number of rotatable bonds is 3. The first-order valence-electron chi connectivity index (χ1n) is 9.62. The topological polar surface area (TPSA) is 38.7 Å². The average Bonchev–Trinajstić information content (AvgIpc) is 2.96. The molecule has 0 aromatic heterocycles. The summed E-state index contributed by atoms with van der Waals surface area (Å²) in [5.74, 6) is -1.19. The molecule has 4 rings (SSSR count). The molecule has 4 nitrogen and oxygen atoms in total. The summed E-state index contributed by atoms with van der Waals surface area (Å²) in [7, 11) is 1.84. The molecule has 29 heavy (non-hydrogen) atoms. The Hall–Kier alpha value is -1.96. The monoisotopic (exact) mass is 425 g/mol. The summed E-state index contributed by atoms with van der Waals surface area (Å²) in [6.07, 6.45) is -4.51. The molecule has 0 radical (unpaired) electrons. The summed E-state index contributed by atoms with van der Waals surface area (Å²) in [4.78, 5) is 3.81. The summed E-state index contributed by atoms with van der Waals surface area (Å²) in [6, 6.07) is 11.4. The molecule has 2 N–H and O–H groups in total. The lowest BCUT2D eigenvalue weighted by Gasteiger charge is -2.34. The Balaban J connectivity index is 1.42. The number of hydrogen-bond acceptors (Lipinski definition) is 4. The van der Waals surface area contributed by atoms with Crippen molar-refractivity contribution in [3.8, 4) is 0 Å². The van der Waals surface area contributed by atoms with E-state index in [0.717, 1.165) is 28.2 Å². The molecule has 2 aliphatic rings. The van der Waals surface area contributed by atoms with Crippen LogP contribution in [0.1, 0.15) is 30.2 Å². The van der Waals surface area contributed by atoms with E-state index in [0.29, 0.717) is 24.7 Å². The van der Waals surface area contributed by atoms with Gasteiger partial charge in [0, 0.05) is 42.3 Å². The molecule has 2 heterocycles. The molecular weight excluding hydrogens is 403 g/mol. The van der Waals surface area contributed by atoms with E-state index in [1.165, 1.54) is 0 Å². The summed E-state index contributed by atoms with van der Waals surface area (Å²) in [5, 5.41) is 14.0. The van der Waals surface area contributed by atoms with Crippen LogP contribution >= 0.6 is 11.6 Å². The fourth-order valence-electron chi connectivity index (χ4n) is 4.13. The Morgan fingerprint density at radius 2 is 1.72 bits per heavy atom. The number of nitrogens with zero attached hydrogens (tertiary/aromatic N) is 2. The SMILES string of the molecule is CN1Cc2cc(Nc3ccc(N4CCC(C(F)(F)F)CC4)cc3)cc(Cl)c2C1O. The largest absolute Gasteiger partial charge is 0.391 e. The zero-order valence-electron chi connectivity index (χ0n) is 16.0. The van der Waals surface area contributed by atoms with Gasteiger partial charge in [-0.15, -0.1) is 0 Å². The third-order valence-corrected chi connectivity index (χ3v) is 6.10. The van der Waals surface area contributed by atoms with E-state index in [1.807, 2.05) is 47.2 Å². The number of halogens is 4. The van der Waals surface area contributed by atoms with Gasteiger partial charge in [-0.1, -0.05) is 11.6 Å². The second kappa shape index (κ2) is 7.70. The average molecular weight is 426 g/mol. The maximum atomic E-state index is 12.8. The lowest BCUT2D eigenvalue weighted by Crippen LogP contribution is -2.38. The van der Waals surface area contributed by atoms with Gasteiger partial charge in [-0.3, -0.25) is 4.90 Å². The molecule has 0 amide bonds. The first-order valence-corrected chi connectivity index (χ1v) is 9.99. The van der Waals surface area contributed by atoms with Gasteiger partial charge < -0.3 is 15.3 Å². The van der Waals surface area contributed by atoms with Crippen molar-refractivity contribution in [2.45, 2.75) is 31.8 Å². The van der Waals surface area contributed by atoms with Crippen molar-refractivity contribution in [1.29, 1.82) is 0 Å². The first-order chi connectivity index (χ1) is 13.7. The van der Waals surface area contributed by atoms with Crippen LogP contribution in [0.15, 0.2) is 36.4 Å². The van der Waals surface area contributed by atoms with Crippen LogP contribution in [0.25, 0.3) is 0 Å². The first kappa shape index (κ1) is 20.3. The smallest absolute Gasteiger partial charge is 0.374 e. The highest BCUT2D eigenvalue weighted by molar-refractivity contribution is 6.31. The van der Waals surface area contributed by atoms with Crippen LogP contribution in [0, 0.1) is 5.92 Å². The predicted octanol–water partition coefficient (Wildman–Crippen LogP) is 5.30. The second-order valence-electron chi connectivity index (χ2n) is 7.79. The molecule has 1 atom stereocenters. The summed E-state index contributed by atoms with van der Waals surface area (Å²) in [5.41, 5.74) is 4.35. The molecule has 1 saturated heterocycles. The van der Waals surface area contributed by atoms with Crippen molar-refractivity contribution in [3.05, 3.63) is 52.5 Å². The third kappa shape index (κ3) is 4.17. The van der Waals surface area contributed by atoms with E-state index in [9.17, 15) is 18.3 Å². The van der Waals surface area contributed by atoms with Gasteiger partial charge in [0.15, 0.2) is 0 Å². The molecule has 2 aromatic carbocycles. The molecule has 0 spiro atoms. The minimum absolute atomic E-state index is 0.136. The van der Waals surface area contributed by atoms with Crippen LogP contribution in [-0.4, -0.2) is 36.3 Å². The number of nitrogens with one attached hydrogen (secondary N) is 1. The lowest BCUT2D eigenvalue weighted by molar-refractivity contribution is -0.179. The van der Waals surface area contributed by atoms with Crippen molar-refractivity contribution >= 4 is 28.7 Å². The summed E-state index contributed by atoms with van der Waals surface area (Å²) >= 11 is 6.36. The van der Waals surface area contributed by atoms with Crippen molar-refractivity contribution in [3.63, 3.8) is 0 Å². The minimum atomic E-state index is -4.10. The van der Waals surface area contributed by atoms with Crippen LogP contribution < -0.4 is 10.2 Å². The molecule has 156 valence electrons. The zero-order chi connectivity index (χ0) is 20.8. The van der Waals surface area contributed by atoms with Gasteiger partial charge in [0.1, 0.15) is 6.23 Å². The van der Waals surface area contributed by atoms with Crippen LogP contribution in [0.2, 0.25) is 5.02 Å². The van der Waals surface area contributed by atoms with Crippen LogP contribution in [0.3, 0.4) is 0 Å². The number of aliphatic hydroxyl groups is 1. The number of hydrogen-bond donors (Lipinski definition) is 2. The van der Waals surface area contributed by atoms with Crippen molar-refractivity contribution in [2.75, 3.05) is 30.4 Å². The molecule has 2 aromatic rings. The van der Waals surface area contributed by atoms with Crippen molar-refractivity contribution < 1.29 is 18.3 Å². The Labute approximate surface area is 172 Å². The number of aliphatic hydroxyl groups excluding tert-OH is 1. The van der Waals surface area contributed by atoms with Crippen LogP contribution in [0.5, 0.6) is 0 Å². The molecular formula is C21H23ClF3N3O. The van der Waals surface area contributed by atoms with E-state index in [-0.39, 0.29) is 12.8 Å². The summed E-state index contributed by atoms with van der Waals surface area (Å²) < 4.78 is 38.5. The molecule has 2 aliphatic heterocycles. The van der Waals surface area contributed by atoms with Gasteiger partial charge >= 0.3 is 6.18 Å². The fourth-order valence-corrected chi connectivity index (χ4v) is 4.47. The molecule has 0 bridgehead atoms. The Bertz CT molecular complexity index is 880. The molecule has 1 fully saturated rings. The molecule has 0 aliphatic carbocycles. The Morgan fingerprint density at radius 1 is 1.07 bits per heavy atom. The molecule has 1 unspecified atom stereocenters. The number of anilines is 3. The highest BCUT2D eigenvalue weighted by Gasteiger charge is 2.41. The Morgan fingerprint density at radius 3 is 2.34 bits per heavy atom. The maximum Gasteiger partial charge on any atom is 0.391 e. The number of fused-ring (bicyclic) bond motifs is 1. The lowest BCUT2D eigenvalue weighted by atomic mass is 9.96. The van der Waals surface area contributed by atoms with E-state index < -0.39 is 18.3 Å².